The molecule has 0 unspecified atom stereocenters. The predicted octanol–water partition coefficient (Wildman–Crippen LogP) is 1.01. The summed E-state index contributed by atoms with van der Waals surface area (Å²) in [4.78, 5) is 32.3. The third kappa shape index (κ3) is 3.34. The van der Waals surface area contributed by atoms with Gasteiger partial charge >= 0.3 is 0 Å². The number of hydrogen-bond acceptors (Lipinski definition) is 7. The predicted molar refractivity (Wildman–Crippen MR) is 108 cm³/mol. The van der Waals surface area contributed by atoms with Gasteiger partial charge in [0, 0.05) is 32.4 Å². The molecule has 11 nitrogen and oxygen atoms in total. The van der Waals surface area contributed by atoms with E-state index in [4.69, 9.17) is 5.73 Å². The number of carbonyl (C=O) groups excluding carboxylic acids is 2. The smallest absolute Gasteiger partial charge is 0.267 e. The van der Waals surface area contributed by atoms with Crippen molar-refractivity contribution in [2.75, 3.05) is 0 Å². The second kappa shape index (κ2) is 7.17. The van der Waals surface area contributed by atoms with Crippen LogP contribution in [-0.2, 0) is 25.4 Å². The van der Waals surface area contributed by atoms with Gasteiger partial charge in [0.2, 0.25) is 0 Å². The topological polar surface area (TPSA) is 139 Å². The SMILES string of the molecule is CC(=O)CCn1nc(C)cc1-c1nc(-c2nc(C(N)=O)cc3c2cnn3C)n(C)n1. The normalized spacial score (nSPS) is 11.3. The molecule has 4 aromatic rings. The highest BCUT2D eigenvalue weighted by molar-refractivity contribution is 5.99. The lowest BCUT2D eigenvalue weighted by atomic mass is 10.2. The summed E-state index contributed by atoms with van der Waals surface area (Å²) < 4.78 is 4.96. The number of aromatic nitrogens is 8. The zero-order valence-corrected chi connectivity index (χ0v) is 17.1. The number of nitrogens with zero attached hydrogens (tertiary/aromatic N) is 8. The van der Waals surface area contributed by atoms with Crippen molar-refractivity contribution >= 4 is 22.6 Å². The van der Waals surface area contributed by atoms with E-state index in [0.29, 0.717) is 41.5 Å². The van der Waals surface area contributed by atoms with Gasteiger partial charge < -0.3 is 5.73 Å². The van der Waals surface area contributed by atoms with Gasteiger partial charge in [0.15, 0.2) is 11.6 Å². The molecule has 4 aromatic heterocycles. The minimum absolute atomic E-state index is 0.0789. The maximum absolute atomic E-state index is 11.8. The Bertz CT molecular complexity index is 1300. The van der Waals surface area contributed by atoms with E-state index < -0.39 is 5.91 Å². The van der Waals surface area contributed by atoms with E-state index >= 15 is 0 Å². The van der Waals surface area contributed by atoms with Crippen LogP contribution in [0.25, 0.3) is 33.9 Å². The summed E-state index contributed by atoms with van der Waals surface area (Å²) in [5, 5.41) is 14.0. The third-order valence-electron chi connectivity index (χ3n) is 4.78. The second-order valence-corrected chi connectivity index (χ2v) is 7.15. The Kier molecular flexibility index (Phi) is 4.65. The minimum atomic E-state index is -0.639. The van der Waals surface area contributed by atoms with Gasteiger partial charge in [0.25, 0.3) is 5.91 Å². The van der Waals surface area contributed by atoms with Crippen LogP contribution >= 0.6 is 0 Å². The number of nitrogens with two attached hydrogens (primary N) is 1. The minimum Gasteiger partial charge on any atom is -0.364 e. The molecule has 0 aliphatic rings. The Morgan fingerprint density at radius 3 is 2.57 bits per heavy atom. The number of aryl methyl sites for hydroxylation is 4. The molecule has 0 saturated heterocycles. The van der Waals surface area contributed by atoms with Gasteiger partial charge in [-0.05, 0) is 26.0 Å². The number of pyridine rings is 1. The molecule has 0 atom stereocenters. The average molecular weight is 407 g/mol. The molecule has 4 heterocycles. The van der Waals surface area contributed by atoms with Crippen LogP contribution in [0.15, 0.2) is 18.3 Å². The summed E-state index contributed by atoms with van der Waals surface area (Å²) in [6, 6.07) is 3.47. The summed E-state index contributed by atoms with van der Waals surface area (Å²) in [5.74, 6) is 0.345. The highest BCUT2D eigenvalue weighted by atomic mass is 16.1. The fourth-order valence-electron chi connectivity index (χ4n) is 3.30. The molecule has 0 aliphatic carbocycles. The van der Waals surface area contributed by atoms with E-state index in [-0.39, 0.29) is 11.5 Å². The highest BCUT2D eigenvalue weighted by Crippen LogP contribution is 2.28. The van der Waals surface area contributed by atoms with Crippen LogP contribution in [0.1, 0.15) is 29.5 Å². The second-order valence-electron chi connectivity index (χ2n) is 7.15. The number of primary amides is 1. The van der Waals surface area contributed by atoms with Gasteiger partial charge in [-0.2, -0.15) is 10.2 Å². The molecule has 0 spiro atoms. The highest BCUT2D eigenvalue weighted by Gasteiger charge is 2.21. The van der Waals surface area contributed by atoms with E-state index in [0.717, 1.165) is 11.1 Å². The Labute approximate surface area is 171 Å². The molecule has 2 N–H and O–H groups in total. The molecule has 0 bridgehead atoms. The third-order valence-corrected chi connectivity index (χ3v) is 4.78. The zero-order chi connectivity index (χ0) is 21.6. The Morgan fingerprint density at radius 1 is 1.10 bits per heavy atom. The van der Waals surface area contributed by atoms with Crippen LogP contribution in [0.4, 0.5) is 0 Å². The lowest BCUT2D eigenvalue weighted by Crippen LogP contribution is -2.14. The lowest BCUT2D eigenvalue weighted by molar-refractivity contribution is -0.117. The van der Waals surface area contributed by atoms with Crippen LogP contribution in [0.3, 0.4) is 0 Å². The molecule has 0 radical (unpaired) electrons. The number of fused-ring (bicyclic) bond motifs is 1. The fraction of sp³-hybridized carbons (Fsp3) is 0.316. The van der Waals surface area contributed by atoms with Crippen molar-refractivity contribution in [1.29, 1.82) is 0 Å². The maximum Gasteiger partial charge on any atom is 0.267 e. The van der Waals surface area contributed by atoms with Gasteiger partial charge in [-0.15, -0.1) is 5.10 Å². The van der Waals surface area contributed by atoms with E-state index in [2.05, 4.69) is 25.3 Å². The number of amides is 1. The molecular weight excluding hydrogens is 386 g/mol. The number of hydrogen-bond donors (Lipinski definition) is 1. The van der Waals surface area contributed by atoms with Gasteiger partial charge in [-0.1, -0.05) is 0 Å². The zero-order valence-electron chi connectivity index (χ0n) is 17.1. The summed E-state index contributed by atoms with van der Waals surface area (Å²) in [6.07, 6.45) is 2.03. The van der Waals surface area contributed by atoms with E-state index in [1.807, 2.05) is 13.0 Å². The van der Waals surface area contributed by atoms with Crippen molar-refractivity contribution < 1.29 is 9.59 Å². The molecule has 4 rings (SSSR count). The van der Waals surface area contributed by atoms with Gasteiger partial charge in [-0.3, -0.25) is 19.0 Å². The van der Waals surface area contributed by atoms with Crippen LogP contribution in [0.5, 0.6) is 0 Å². The van der Waals surface area contributed by atoms with Crippen molar-refractivity contribution in [2.24, 2.45) is 19.8 Å². The molecule has 0 aromatic carbocycles. The quantitative estimate of drug-likeness (QED) is 0.503. The first-order valence-corrected chi connectivity index (χ1v) is 9.33. The number of carbonyl (C=O) groups is 2. The van der Waals surface area contributed by atoms with Crippen LogP contribution in [0.2, 0.25) is 0 Å². The molecule has 0 saturated carbocycles. The molecule has 0 aliphatic heterocycles. The summed E-state index contributed by atoms with van der Waals surface area (Å²) in [5.41, 5.74) is 8.26. The molecule has 30 heavy (non-hydrogen) atoms. The molecule has 11 heteroatoms. The van der Waals surface area contributed by atoms with Crippen molar-refractivity contribution in [3.8, 4) is 23.0 Å². The summed E-state index contributed by atoms with van der Waals surface area (Å²) in [7, 11) is 3.52. The van der Waals surface area contributed by atoms with Crippen LogP contribution in [-0.4, -0.2) is 51.0 Å². The molecular formula is C19H21N9O2. The van der Waals surface area contributed by atoms with E-state index in [1.54, 1.807) is 47.3 Å². The fourth-order valence-corrected chi connectivity index (χ4v) is 3.30. The van der Waals surface area contributed by atoms with Crippen molar-refractivity contribution in [1.82, 2.24) is 39.3 Å². The number of Topliss-reactive ketones (excluding diaryl/α,β-unsaturated/α-hetero) is 1. The van der Waals surface area contributed by atoms with Crippen LogP contribution in [0, 0.1) is 6.92 Å². The molecule has 1 amide bonds. The number of ketones is 1. The van der Waals surface area contributed by atoms with Crippen LogP contribution < -0.4 is 5.73 Å². The van der Waals surface area contributed by atoms with Gasteiger partial charge in [-0.25, -0.2) is 14.6 Å². The molecule has 154 valence electrons. The molecule has 0 fully saturated rings. The maximum atomic E-state index is 11.8. The van der Waals surface area contributed by atoms with E-state index in [9.17, 15) is 9.59 Å². The Morgan fingerprint density at radius 2 is 1.87 bits per heavy atom. The van der Waals surface area contributed by atoms with Gasteiger partial charge in [0.1, 0.15) is 22.9 Å². The van der Waals surface area contributed by atoms with Gasteiger partial charge in [0.05, 0.1) is 17.4 Å². The lowest BCUT2D eigenvalue weighted by Gasteiger charge is -2.04. The standard InChI is InChI=1S/C19H21N9O2/c1-10-7-15(28(24-10)6-5-11(2)29)18-23-19(27(4)25-18)16-12-9-21-26(3)14(12)8-13(22-16)17(20)30/h7-9H,5-6H2,1-4H3,(H2,20,30). The Hall–Kier alpha value is -3.89. The van der Waals surface area contributed by atoms with Crippen molar-refractivity contribution in [3.05, 3.63) is 29.7 Å². The first-order valence-electron chi connectivity index (χ1n) is 9.33. The summed E-state index contributed by atoms with van der Waals surface area (Å²) >= 11 is 0. The summed E-state index contributed by atoms with van der Waals surface area (Å²) in [6.45, 7) is 3.85. The average Bonchev–Trinajstić information content (AvgIpc) is 3.36. The monoisotopic (exact) mass is 407 g/mol. The van der Waals surface area contributed by atoms with Crippen molar-refractivity contribution in [3.63, 3.8) is 0 Å². The largest absolute Gasteiger partial charge is 0.364 e. The first kappa shape index (κ1) is 19.4. The Balaban J connectivity index is 1.85. The first-order chi connectivity index (χ1) is 14.2. The van der Waals surface area contributed by atoms with Crippen molar-refractivity contribution in [2.45, 2.75) is 26.8 Å². The number of rotatable bonds is 6. The van der Waals surface area contributed by atoms with E-state index in [1.165, 1.54) is 0 Å².